The molecule has 0 amide bonds. The van der Waals surface area contributed by atoms with Crippen molar-refractivity contribution in [2.24, 2.45) is 5.41 Å². The molecule has 0 N–H and O–H groups in total. The van der Waals surface area contributed by atoms with Gasteiger partial charge in [0.2, 0.25) is 0 Å². The van der Waals surface area contributed by atoms with Gasteiger partial charge in [-0.3, -0.25) is 0 Å². The topological polar surface area (TPSA) is 17.1 Å². The number of hydrogen-bond acceptors (Lipinski definition) is 1. The predicted molar refractivity (Wildman–Crippen MR) is 65.0 cm³/mol. The molecule has 1 atom stereocenters. The van der Waals surface area contributed by atoms with Crippen molar-refractivity contribution in [1.82, 2.24) is 0 Å². The molecular weight excluding hydrogens is 204 g/mol. The second kappa shape index (κ2) is 5.11. The Labute approximate surface area is 94.0 Å². The second-order valence-corrected chi connectivity index (χ2v) is 5.71. The van der Waals surface area contributed by atoms with Crippen LogP contribution >= 0.6 is 0 Å². The Balaban J connectivity index is 2.77. The molecule has 0 saturated heterocycles. The third-order valence-corrected chi connectivity index (χ3v) is 2.75. The lowest BCUT2D eigenvalue weighted by Crippen LogP contribution is -1.97. The fourth-order valence-corrected chi connectivity index (χ4v) is 1.72. The molecule has 0 aliphatic rings. The monoisotopic (exact) mass is 220 g/mol. The summed E-state index contributed by atoms with van der Waals surface area (Å²) in [5.74, 6) is 0. The van der Waals surface area contributed by atoms with Crippen molar-refractivity contribution in [3.63, 3.8) is 0 Å². The van der Waals surface area contributed by atoms with Crippen LogP contribution in [-0.2, 0) is 10.8 Å². The van der Waals surface area contributed by atoms with Crippen LogP contribution < -0.4 is 0 Å². The van der Waals surface area contributed by atoms with Gasteiger partial charge in [0.15, 0.2) is 0 Å². The number of allylic oxidation sites excluding steroid dienone is 1. The normalized spacial score (nSPS) is 12.7. The predicted octanol–water partition coefficient (Wildman–Crippen LogP) is 3.51. The molecular formula is C13H16OS. The molecule has 0 radical (unpaired) electrons. The van der Waals surface area contributed by atoms with E-state index in [4.69, 9.17) is 0 Å². The lowest BCUT2D eigenvalue weighted by Gasteiger charge is -2.08. The van der Waals surface area contributed by atoms with Gasteiger partial charge in [0.25, 0.3) is 0 Å². The first-order valence-corrected chi connectivity index (χ1v) is 6.10. The Morgan fingerprint density at radius 3 is 2.33 bits per heavy atom. The van der Waals surface area contributed by atoms with E-state index < -0.39 is 10.8 Å². The number of hydrogen-bond donors (Lipinski definition) is 0. The average molecular weight is 220 g/mol. The highest BCUT2D eigenvalue weighted by atomic mass is 32.2. The molecule has 80 valence electrons. The van der Waals surface area contributed by atoms with Crippen molar-refractivity contribution < 1.29 is 4.21 Å². The summed E-state index contributed by atoms with van der Waals surface area (Å²) >= 11 is 0. The zero-order valence-corrected chi connectivity index (χ0v) is 10.2. The van der Waals surface area contributed by atoms with Gasteiger partial charge in [-0.15, -0.1) is 5.73 Å². The molecule has 0 heterocycles. The van der Waals surface area contributed by atoms with Crippen LogP contribution in [0.5, 0.6) is 0 Å². The number of benzene rings is 1. The van der Waals surface area contributed by atoms with E-state index in [-0.39, 0.29) is 5.41 Å². The highest BCUT2D eigenvalue weighted by molar-refractivity contribution is 7.88. The third-order valence-electron chi connectivity index (χ3n) is 1.67. The second-order valence-electron chi connectivity index (χ2n) is 4.41. The molecule has 1 rings (SSSR count). The Hall–Kier alpha value is -1.11. The highest BCUT2D eigenvalue weighted by Gasteiger charge is 2.02. The summed E-state index contributed by atoms with van der Waals surface area (Å²) in [4.78, 5) is 0.812. The maximum Gasteiger partial charge on any atom is 0.0854 e. The lowest BCUT2D eigenvalue weighted by atomic mass is 9.97. The van der Waals surface area contributed by atoms with Gasteiger partial charge < -0.3 is 0 Å². The molecule has 2 heteroatoms. The van der Waals surface area contributed by atoms with E-state index in [0.29, 0.717) is 0 Å². The average Bonchev–Trinajstić information content (AvgIpc) is 2.17. The van der Waals surface area contributed by atoms with E-state index in [1.54, 1.807) is 5.41 Å². The van der Waals surface area contributed by atoms with Gasteiger partial charge in [-0.1, -0.05) is 39.0 Å². The van der Waals surface area contributed by atoms with Crippen molar-refractivity contribution in [1.29, 1.82) is 0 Å². The molecule has 0 aliphatic heterocycles. The van der Waals surface area contributed by atoms with Gasteiger partial charge in [-0.05, 0) is 23.6 Å². The molecule has 0 unspecified atom stereocenters. The summed E-state index contributed by atoms with van der Waals surface area (Å²) in [6, 6.07) is 9.38. The molecule has 0 aliphatic carbocycles. The van der Waals surface area contributed by atoms with Crippen LogP contribution in [0.15, 0.2) is 52.4 Å². The maximum atomic E-state index is 11.7. The van der Waals surface area contributed by atoms with Crippen LogP contribution in [0.4, 0.5) is 0 Å². The first-order chi connectivity index (χ1) is 6.99. The Morgan fingerprint density at radius 2 is 1.80 bits per heavy atom. The van der Waals surface area contributed by atoms with Crippen LogP contribution in [0.1, 0.15) is 20.8 Å². The molecule has 15 heavy (non-hydrogen) atoms. The minimum absolute atomic E-state index is 0.0807. The van der Waals surface area contributed by atoms with Crippen molar-refractivity contribution in [2.75, 3.05) is 0 Å². The van der Waals surface area contributed by atoms with Gasteiger partial charge in [0.05, 0.1) is 10.8 Å². The summed E-state index contributed by atoms with van der Waals surface area (Å²) in [5, 5.41) is 1.60. The minimum Gasteiger partial charge on any atom is -0.249 e. The molecule has 1 aromatic carbocycles. The van der Waals surface area contributed by atoms with Crippen LogP contribution in [0.3, 0.4) is 0 Å². The summed E-state index contributed by atoms with van der Waals surface area (Å²) in [7, 11) is -1.09. The SMILES string of the molecule is CC(C)(C)C=C=C[S@](=O)c1ccccc1. The summed E-state index contributed by atoms with van der Waals surface area (Å²) in [6.45, 7) is 6.25. The van der Waals surface area contributed by atoms with Gasteiger partial charge in [0.1, 0.15) is 0 Å². The first kappa shape index (κ1) is 12.0. The highest BCUT2D eigenvalue weighted by Crippen LogP contribution is 2.13. The molecule has 0 saturated carbocycles. The Bertz CT molecular complexity index is 392. The van der Waals surface area contributed by atoms with Crippen molar-refractivity contribution >= 4 is 10.8 Å². The van der Waals surface area contributed by atoms with Crippen LogP contribution in [0.2, 0.25) is 0 Å². The fourth-order valence-electron chi connectivity index (χ4n) is 0.968. The zero-order valence-electron chi connectivity index (χ0n) is 9.36. The van der Waals surface area contributed by atoms with Crippen molar-refractivity contribution in [3.05, 3.63) is 47.5 Å². The lowest BCUT2D eigenvalue weighted by molar-refractivity contribution is 0.545. The largest absolute Gasteiger partial charge is 0.249 e. The Kier molecular flexibility index (Phi) is 4.07. The summed E-state index contributed by atoms with van der Waals surface area (Å²) < 4.78 is 11.7. The smallest absolute Gasteiger partial charge is 0.0854 e. The molecule has 0 bridgehead atoms. The van der Waals surface area contributed by atoms with E-state index >= 15 is 0 Å². The van der Waals surface area contributed by atoms with Crippen LogP contribution in [0.25, 0.3) is 0 Å². The Morgan fingerprint density at radius 1 is 1.20 bits per heavy atom. The van der Waals surface area contributed by atoms with Gasteiger partial charge in [-0.25, -0.2) is 4.21 Å². The van der Waals surface area contributed by atoms with E-state index in [2.05, 4.69) is 26.5 Å². The van der Waals surface area contributed by atoms with Crippen molar-refractivity contribution in [2.45, 2.75) is 25.7 Å². The number of rotatable bonds is 2. The molecule has 0 spiro atoms. The van der Waals surface area contributed by atoms with E-state index in [1.807, 2.05) is 36.4 Å². The first-order valence-electron chi connectivity index (χ1n) is 4.88. The standard InChI is InChI=1S/C13H16OS/c1-13(2,3)10-7-11-15(14)12-8-5-4-6-9-12/h4-6,8-11H,1-3H3/t7?,15-/m0/s1. The summed E-state index contributed by atoms with van der Waals surface area (Å²) in [5.41, 5.74) is 3.05. The summed E-state index contributed by atoms with van der Waals surface area (Å²) in [6.07, 6.45) is 1.92. The third kappa shape index (κ3) is 4.78. The van der Waals surface area contributed by atoms with Crippen molar-refractivity contribution in [3.8, 4) is 0 Å². The van der Waals surface area contributed by atoms with Gasteiger partial charge in [0, 0.05) is 10.3 Å². The zero-order chi connectivity index (χ0) is 11.3. The van der Waals surface area contributed by atoms with Gasteiger partial charge in [-0.2, -0.15) is 0 Å². The van der Waals surface area contributed by atoms with E-state index in [1.165, 1.54) is 0 Å². The van der Waals surface area contributed by atoms with E-state index in [0.717, 1.165) is 4.90 Å². The van der Waals surface area contributed by atoms with Crippen LogP contribution in [0, 0.1) is 5.41 Å². The van der Waals surface area contributed by atoms with E-state index in [9.17, 15) is 4.21 Å². The fraction of sp³-hybridized carbons (Fsp3) is 0.308. The van der Waals surface area contributed by atoms with Crippen LogP contribution in [-0.4, -0.2) is 4.21 Å². The molecule has 1 aromatic rings. The van der Waals surface area contributed by atoms with Gasteiger partial charge >= 0.3 is 0 Å². The maximum absolute atomic E-state index is 11.7. The quantitative estimate of drug-likeness (QED) is 0.697. The molecule has 0 fully saturated rings. The molecule has 1 nitrogen and oxygen atoms in total. The minimum atomic E-state index is -1.09. The molecule has 0 aromatic heterocycles.